The zero-order valence-corrected chi connectivity index (χ0v) is 8.80. The monoisotopic (exact) mass is 167 g/mol. The largest absolute Gasteiger partial charge is 0.266 e. The normalized spacial score (nSPS) is 13.2. The maximum Gasteiger partial charge on any atom is 0.0227 e. The van der Waals surface area contributed by atoms with E-state index in [-0.39, 0.29) is 0 Å². The predicted molar refractivity (Wildman–Crippen MR) is 56.6 cm³/mol. The summed E-state index contributed by atoms with van der Waals surface area (Å²) in [5, 5.41) is 0. The predicted octanol–water partition coefficient (Wildman–Crippen LogP) is 3.81. The van der Waals surface area contributed by atoms with Gasteiger partial charge in [0.05, 0.1) is 0 Å². The van der Waals surface area contributed by atoms with Crippen LogP contribution in [0, 0.1) is 5.92 Å². The second kappa shape index (κ2) is 7.08. The lowest BCUT2D eigenvalue weighted by Gasteiger charge is -2.00. The van der Waals surface area contributed by atoms with Crippen molar-refractivity contribution >= 4 is 5.71 Å². The van der Waals surface area contributed by atoms with Crippen LogP contribution in [0.1, 0.15) is 47.0 Å². The van der Waals surface area contributed by atoms with E-state index in [0.717, 1.165) is 6.42 Å². The highest BCUT2D eigenvalue weighted by Crippen LogP contribution is 1.98. The first-order valence-corrected chi connectivity index (χ1v) is 4.87. The Morgan fingerprint density at radius 2 is 2.08 bits per heavy atom. The van der Waals surface area contributed by atoms with E-state index in [9.17, 15) is 0 Å². The van der Waals surface area contributed by atoms with Crippen molar-refractivity contribution in [3.63, 3.8) is 0 Å². The summed E-state index contributed by atoms with van der Waals surface area (Å²) < 4.78 is 0. The van der Waals surface area contributed by atoms with Gasteiger partial charge < -0.3 is 0 Å². The van der Waals surface area contributed by atoms with Crippen molar-refractivity contribution in [2.24, 2.45) is 10.9 Å². The Morgan fingerprint density at radius 3 is 2.58 bits per heavy atom. The number of allylic oxidation sites excluding steroid dienone is 1. The number of hydrogen-bond acceptors (Lipinski definition) is 1. The van der Waals surface area contributed by atoms with Crippen LogP contribution < -0.4 is 0 Å². The van der Waals surface area contributed by atoms with Crippen LogP contribution in [0.15, 0.2) is 17.3 Å². The van der Waals surface area contributed by atoms with Gasteiger partial charge in [0, 0.05) is 11.9 Å². The Hall–Kier alpha value is -0.590. The highest BCUT2D eigenvalue weighted by molar-refractivity contribution is 5.84. The summed E-state index contributed by atoms with van der Waals surface area (Å²) in [5.74, 6) is 0.570. The van der Waals surface area contributed by atoms with E-state index in [1.807, 2.05) is 6.20 Å². The Kier molecular flexibility index (Phi) is 6.73. The number of unbranched alkanes of at least 4 members (excludes halogenated alkanes) is 2. The first-order valence-electron chi connectivity index (χ1n) is 4.87. The second-order valence-corrected chi connectivity index (χ2v) is 3.45. The summed E-state index contributed by atoms with van der Waals surface area (Å²) in [6, 6.07) is 0. The van der Waals surface area contributed by atoms with Crippen molar-refractivity contribution in [1.82, 2.24) is 0 Å². The molecule has 0 unspecified atom stereocenters. The first-order chi connectivity index (χ1) is 5.68. The van der Waals surface area contributed by atoms with Crippen LogP contribution in [0.5, 0.6) is 0 Å². The van der Waals surface area contributed by atoms with Crippen molar-refractivity contribution in [2.75, 3.05) is 0 Å². The number of aliphatic imine (C=N–C) groups is 1. The van der Waals surface area contributed by atoms with Crippen LogP contribution in [0.25, 0.3) is 0 Å². The maximum atomic E-state index is 4.33. The summed E-state index contributed by atoms with van der Waals surface area (Å²) in [5.41, 5.74) is 1.21. The fourth-order valence-corrected chi connectivity index (χ4v) is 0.716. The minimum atomic E-state index is 0.570. The molecule has 0 aliphatic carbocycles. The van der Waals surface area contributed by atoms with Crippen LogP contribution in [0.2, 0.25) is 0 Å². The molecule has 0 atom stereocenters. The molecular formula is C11H21N. The summed E-state index contributed by atoms with van der Waals surface area (Å²) >= 11 is 0. The lowest BCUT2D eigenvalue weighted by molar-refractivity contribution is 0.813. The van der Waals surface area contributed by atoms with Crippen LogP contribution in [0.3, 0.4) is 0 Å². The fraction of sp³-hybridized carbons (Fsp3) is 0.727. The van der Waals surface area contributed by atoms with Gasteiger partial charge in [-0.3, -0.25) is 4.99 Å². The van der Waals surface area contributed by atoms with Gasteiger partial charge in [0.2, 0.25) is 0 Å². The molecule has 0 saturated carbocycles. The number of rotatable bonds is 5. The highest BCUT2D eigenvalue weighted by atomic mass is 14.7. The fourth-order valence-electron chi connectivity index (χ4n) is 0.716. The van der Waals surface area contributed by atoms with Crippen LogP contribution in [-0.2, 0) is 0 Å². The molecule has 1 heteroatoms. The molecule has 1 nitrogen and oxygen atoms in total. The number of nitrogens with zero attached hydrogens (tertiary/aromatic N) is 1. The molecule has 12 heavy (non-hydrogen) atoms. The van der Waals surface area contributed by atoms with Crippen molar-refractivity contribution in [1.29, 1.82) is 0 Å². The van der Waals surface area contributed by atoms with E-state index in [1.54, 1.807) is 0 Å². The quantitative estimate of drug-likeness (QED) is 0.436. The average Bonchev–Trinajstić information content (AvgIpc) is 2.03. The molecule has 0 aromatic heterocycles. The van der Waals surface area contributed by atoms with E-state index in [0.29, 0.717) is 5.92 Å². The lowest BCUT2D eigenvalue weighted by Crippen LogP contribution is -1.99. The maximum absolute atomic E-state index is 4.33. The molecule has 0 radical (unpaired) electrons. The van der Waals surface area contributed by atoms with Gasteiger partial charge in [-0.1, -0.05) is 39.7 Å². The molecule has 0 N–H and O–H groups in total. The van der Waals surface area contributed by atoms with E-state index in [1.165, 1.54) is 18.6 Å². The molecule has 0 aliphatic heterocycles. The molecule has 0 spiro atoms. The third kappa shape index (κ3) is 6.14. The zero-order valence-electron chi connectivity index (χ0n) is 8.80. The van der Waals surface area contributed by atoms with Gasteiger partial charge in [-0.2, -0.15) is 0 Å². The molecule has 0 saturated heterocycles. The minimum Gasteiger partial charge on any atom is -0.266 e. The van der Waals surface area contributed by atoms with Crippen LogP contribution in [-0.4, -0.2) is 5.71 Å². The molecule has 0 heterocycles. The van der Waals surface area contributed by atoms with Gasteiger partial charge in [0.15, 0.2) is 0 Å². The van der Waals surface area contributed by atoms with Crippen molar-refractivity contribution < 1.29 is 0 Å². The van der Waals surface area contributed by atoms with Gasteiger partial charge in [0.1, 0.15) is 0 Å². The molecule has 0 amide bonds. The van der Waals surface area contributed by atoms with E-state index in [2.05, 4.69) is 38.8 Å². The summed E-state index contributed by atoms with van der Waals surface area (Å²) in [6.45, 7) is 8.61. The van der Waals surface area contributed by atoms with E-state index in [4.69, 9.17) is 0 Å². The van der Waals surface area contributed by atoms with Gasteiger partial charge in [0.25, 0.3) is 0 Å². The van der Waals surface area contributed by atoms with Crippen molar-refractivity contribution in [3.8, 4) is 0 Å². The van der Waals surface area contributed by atoms with E-state index < -0.39 is 0 Å². The van der Waals surface area contributed by atoms with Gasteiger partial charge >= 0.3 is 0 Å². The molecule has 70 valence electrons. The lowest BCUT2D eigenvalue weighted by atomic mass is 10.1. The third-order valence-electron chi connectivity index (χ3n) is 1.94. The number of hydrogen-bond donors (Lipinski definition) is 0. The Labute approximate surface area is 76.6 Å². The van der Waals surface area contributed by atoms with Crippen molar-refractivity contribution in [3.05, 3.63) is 12.3 Å². The third-order valence-corrected chi connectivity index (χ3v) is 1.94. The smallest absolute Gasteiger partial charge is 0.0227 e. The molecule has 0 rings (SSSR count). The molecule has 0 bridgehead atoms. The molecular weight excluding hydrogens is 146 g/mol. The van der Waals surface area contributed by atoms with E-state index >= 15 is 0 Å². The minimum absolute atomic E-state index is 0.570. The highest BCUT2D eigenvalue weighted by Gasteiger charge is 1.93. The van der Waals surface area contributed by atoms with Gasteiger partial charge in [-0.15, -0.1) is 0 Å². The summed E-state index contributed by atoms with van der Waals surface area (Å²) in [6.07, 6.45) is 7.77. The molecule has 0 fully saturated rings. The van der Waals surface area contributed by atoms with Crippen LogP contribution >= 0.6 is 0 Å². The Morgan fingerprint density at radius 1 is 1.42 bits per heavy atom. The standard InChI is InChI=1S/C11H21N/c1-5-6-7-8-9-12-11(4)10(2)3/h8-10H,5-7H2,1-4H3/b9-8-,12-11-. The molecule has 0 aliphatic rings. The topological polar surface area (TPSA) is 12.4 Å². The van der Waals surface area contributed by atoms with Gasteiger partial charge in [-0.25, -0.2) is 0 Å². The zero-order chi connectivity index (χ0) is 9.40. The summed E-state index contributed by atoms with van der Waals surface area (Å²) in [7, 11) is 0. The van der Waals surface area contributed by atoms with Crippen LogP contribution in [0.4, 0.5) is 0 Å². The first kappa shape index (κ1) is 11.4. The molecule has 0 aromatic carbocycles. The van der Waals surface area contributed by atoms with Crippen molar-refractivity contribution in [2.45, 2.75) is 47.0 Å². The SMILES string of the molecule is CCCC/C=C\N=C(\C)C(C)C. The summed E-state index contributed by atoms with van der Waals surface area (Å²) in [4.78, 5) is 4.33. The Balaban J connectivity index is 3.63. The average molecular weight is 167 g/mol. The second-order valence-electron chi connectivity index (χ2n) is 3.45. The van der Waals surface area contributed by atoms with Gasteiger partial charge in [-0.05, 0) is 19.3 Å². The molecule has 0 aromatic rings. The Bertz CT molecular complexity index is 154.